The topological polar surface area (TPSA) is 25.2 Å². The Hall–Kier alpha value is -1.06. The van der Waals surface area contributed by atoms with Crippen LogP contribution >= 0.6 is 11.3 Å². The van der Waals surface area contributed by atoms with E-state index in [0.717, 1.165) is 12.3 Å². The number of thiophene rings is 1. The second kappa shape index (κ2) is 4.44. The van der Waals surface area contributed by atoms with Gasteiger partial charge in [0.1, 0.15) is 5.76 Å². The Morgan fingerprint density at radius 2 is 2.44 bits per heavy atom. The zero-order chi connectivity index (χ0) is 10.8. The molecule has 0 bridgehead atoms. The van der Waals surface area contributed by atoms with Crippen molar-refractivity contribution in [3.63, 3.8) is 0 Å². The lowest BCUT2D eigenvalue weighted by atomic mass is 9.94. The maximum Gasteiger partial charge on any atom is 0.117 e. The first-order chi connectivity index (χ1) is 7.93. The van der Waals surface area contributed by atoms with Gasteiger partial charge in [0.05, 0.1) is 12.8 Å². The molecular weight excluding hydrogens is 218 g/mol. The summed E-state index contributed by atoms with van der Waals surface area (Å²) in [6.45, 7) is 0.826. The van der Waals surface area contributed by atoms with Gasteiger partial charge in [-0.15, -0.1) is 11.3 Å². The minimum atomic E-state index is 0.514. The van der Waals surface area contributed by atoms with Crippen molar-refractivity contribution in [3.8, 4) is 0 Å². The van der Waals surface area contributed by atoms with E-state index in [4.69, 9.17) is 4.42 Å². The average Bonchev–Trinajstić information content (AvgIpc) is 2.97. The monoisotopic (exact) mass is 233 g/mol. The number of aryl methyl sites for hydroxylation is 1. The van der Waals surface area contributed by atoms with Gasteiger partial charge in [-0.1, -0.05) is 0 Å². The zero-order valence-corrected chi connectivity index (χ0v) is 9.93. The molecule has 0 fully saturated rings. The van der Waals surface area contributed by atoms with Crippen LogP contribution in [0.25, 0.3) is 0 Å². The smallest absolute Gasteiger partial charge is 0.117 e. The summed E-state index contributed by atoms with van der Waals surface area (Å²) in [4.78, 5) is 1.56. The maximum absolute atomic E-state index is 5.33. The Bertz CT molecular complexity index is 446. The van der Waals surface area contributed by atoms with Crippen LogP contribution in [0.1, 0.15) is 35.1 Å². The van der Waals surface area contributed by atoms with Crippen molar-refractivity contribution < 1.29 is 4.42 Å². The molecule has 1 N–H and O–H groups in total. The van der Waals surface area contributed by atoms with E-state index >= 15 is 0 Å². The summed E-state index contributed by atoms with van der Waals surface area (Å²) in [7, 11) is 0. The molecule has 2 nitrogen and oxygen atoms in total. The van der Waals surface area contributed by atoms with Crippen LogP contribution in [0.15, 0.2) is 34.3 Å². The molecule has 3 heteroatoms. The Morgan fingerprint density at radius 3 is 3.31 bits per heavy atom. The molecule has 0 spiro atoms. The molecule has 3 rings (SSSR count). The minimum Gasteiger partial charge on any atom is -0.468 e. The molecule has 0 saturated carbocycles. The molecule has 1 aliphatic rings. The van der Waals surface area contributed by atoms with Gasteiger partial charge in [0.2, 0.25) is 0 Å². The van der Waals surface area contributed by atoms with Crippen LogP contribution in [0, 0.1) is 0 Å². The number of nitrogens with one attached hydrogen (secondary N) is 1. The molecule has 2 aromatic heterocycles. The summed E-state index contributed by atoms with van der Waals surface area (Å²) >= 11 is 1.89. The SMILES string of the molecule is c1coc(CNC2CCCc3sccc32)c1. The lowest BCUT2D eigenvalue weighted by Crippen LogP contribution is -2.23. The molecule has 2 aromatic rings. The van der Waals surface area contributed by atoms with Gasteiger partial charge < -0.3 is 9.73 Å². The molecule has 16 heavy (non-hydrogen) atoms. The van der Waals surface area contributed by atoms with Crippen molar-refractivity contribution >= 4 is 11.3 Å². The van der Waals surface area contributed by atoms with Crippen LogP contribution in [0.5, 0.6) is 0 Å². The quantitative estimate of drug-likeness (QED) is 0.877. The van der Waals surface area contributed by atoms with E-state index in [0.29, 0.717) is 6.04 Å². The van der Waals surface area contributed by atoms with Gasteiger partial charge in [-0.2, -0.15) is 0 Å². The van der Waals surface area contributed by atoms with Crippen LogP contribution in [-0.4, -0.2) is 0 Å². The van der Waals surface area contributed by atoms with Gasteiger partial charge in [-0.25, -0.2) is 0 Å². The third-order valence-electron chi connectivity index (χ3n) is 3.15. The third kappa shape index (κ3) is 1.93. The highest BCUT2D eigenvalue weighted by Crippen LogP contribution is 2.33. The summed E-state index contributed by atoms with van der Waals surface area (Å²) in [5.74, 6) is 1.02. The standard InChI is InChI=1S/C13H15NOS/c1-4-12(11-6-8-16-13(11)5-1)14-9-10-3-2-7-15-10/h2-3,6-8,12,14H,1,4-5,9H2. The number of furan rings is 1. The lowest BCUT2D eigenvalue weighted by molar-refractivity contribution is 0.419. The van der Waals surface area contributed by atoms with E-state index in [1.807, 2.05) is 23.5 Å². The molecular formula is C13H15NOS. The molecule has 2 heterocycles. The fraction of sp³-hybridized carbons (Fsp3) is 0.385. The molecule has 0 radical (unpaired) electrons. The summed E-state index contributed by atoms with van der Waals surface area (Å²) < 4.78 is 5.33. The zero-order valence-electron chi connectivity index (χ0n) is 9.11. The summed E-state index contributed by atoms with van der Waals surface area (Å²) in [5.41, 5.74) is 1.50. The molecule has 0 amide bonds. The second-order valence-electron chi connectivity index (χ2n) is 4.20. The minimum absolute atomic E-state index is 0.514. The van der Waals surface area contributed by atoms with Gasteiger partial charge in [-0.05, 0) is 48.4 Å². The molecule has 1 unspecified atom stereocenters. The van der Waals surface area contributed by atoms with E-state index in [1.165, 1.54) is 24.8 Å². The summed E-state index contributed by atoms with van der Waals surface area (Å²) in [5, 5.41) is 5.79. The first-order valence-corrected chi connectivity index (χ1v) is 6.63. The van der Waals surface area contributed by atoms with E-state index in [-0.39, 0.29) is 0 Å². The molecule has 84 valence electrons. The van der Waals surface area contributed by atoms with Crippen LogP contribution in [0.3, 0.4) is 0 Å². The highest BCUT2D eigenvalue weighted by atomic mass is 32.1. The van der Waals surface area contributed by atoms with Gasteiger partial charge >= 0.3 is 0 Å². The van der Waals surface area contributed by atoms with Gasteiger partial charge in [0.25, 0.3) is 0 Å². The average molecular weight is 233 g/mol. The van der Waals surface area contributed by atoms with E-state index in [1.54, 1.807) is 11.1 Å². The highest BCUT2D eigenvalue weighted by molar-refractivity contribution is 7.10. The predicted molar refractivity (Wildman–Crippen MR) is 65.5 cm³/mol. The van der Waals surface area contributed by atoms with Crippen molar-refractivity contribution in [2.75, 3.05) is 0 Å². The highest BCUT2D eigenvalue weighted by Gasteiger charge is 2.20. The van der Waals surface area contributed by atoms with Gasteiger partial charge in [0, 0.05) is 10.9 Å². The number of rotatable bonds is 3. The van der Waals surface area contributed by atoms with E-state index < -0.39 is 0 Å². The third-order valence-corrected chi connectivity index (χ3v) is 4.15. The molecule has 0 aliphatic heterocycles. The van der Waals surface area contributed by atoms with Crippen LogP contribution in [0.2, 0.25) is 0 Å². The predicted octanol–water partition coefficient (Wildman–Crippen LogP) is 3.51. The second-order valence-corrected chi connectivity index (χ2v) is 5.20. The van der Waals surface area contributed by atoms with Crippen molar-refractivity contribution in [3.05, 3.63) is 46.0 Å². The Labute approximate surface area is 99.3 Å². The maximum atomic E-state index is 5.33. The molecule has 1 atom stereocenters. The fourth-order valence-corrected chi connectivity index (χ4v) is 3.32. The Kier molecular flexibility index (Phi) is 2.80. The molecule has 0 aromatic carbocycles. The Balaban J connectivity index is 1.69. The normalized spacial score (nSPS) is 19.6. The molecule has 0 saturated heterocycles. The largest absolute Gasteiger partial charge is 0.468 e. The van der Waals surface area contributed by atoms with Crippen LogP contribution < -0.4 is 5.32 Å². The first-order valence-electron chi connectivity index (χ1n) is 5.75. The number of hydrogen-bond donors (Lipinski definition) is 1. The van der Waals surface area contributed by atoms with Crippen molar-refractivity contribution in [2.24, 2.45) is 0 Å². The first kappa shape index (κ1) is 10.1. The van der Waals surface area contributed by atoms with Crippen LogP contribution in [-0.2, 0) is 13.0 Å². The van der Waals surface area contributed by atoms with Crippen LogP contribution in [0.4, 0.5) is 0 Å². The number of fused-ring (bicyclic) bond motifs is 1. The van der Waals surface area contributed by atoms with E-state index in [9.17, 15) is 0 Å². The fourth-order valence-electron chi connectivity index (χ4n) is 2.34. The van der Waals surface area contributed by atoms with Gasteiger partial charge in [-0.3, -0.25) is 0 Å². The van der Waals surface area contributed by atoms with Crippen molar-refractivity contribution in [1.82, 2.24) is 5.32 Å². The molecule has 1 aliphatic carbocycles. The number of hydrogen-bond acceptors (Lipinski definition) is 3. The summed E-state index contributed by atoms with van der Waals surface area (Å²) in [6, 6.07) is 6.73. The van der Waals surface area contributed by atoms with Crippen molar-refractivity contribution in [2.45, 2.75) is 31.8 Å². The Morgan fingerprint density at radius 1 is 1.44 bits per heavy atom. The lowest BCUT2D eigenvalue weighted by Gasteiger charge is -2.23. The van der Waals surface area contributed by atoms with E-state index in [2.05, 4.69) is 16.8 Å². The van der Waals surface area contributed by atoms with Crippen molar-refractivity contribution in [1.29, 1.82) is 0 Å². The summed E-state index contributed by atoms with van der Waals surface area (Å²) in [6.07, 6.45) is 5.52. The van der Waals surface area contributed by atoms with Gasteiger partial charge in [0.15, 0.2) is 0 Å².